The van der Waals surface area contributed by atoms with Gasteiger partial charge in [-0.05, 0) is 6.42 Å². The molecular weight excluding hydrogens is 217 g/mol. The van der Waals surface area contributed by atoms with Crippen LogP contribution in [0.1, 0.15) is 17.1 Å². The fraction of sp³-hybridized carbons (Fsp3) is 0.600. The van der Waals surface area contributed by atoms with Crippen molar-refractivity contribution < 1.29 is 75.5 Å². The first-order valence-corrected chi connectivity index (χ1v) is 2.74. The number of aliphatic carboxylic acids is 2. The molecule has 0 rings (SSSR count). The van der Waals surface area contributed by atoms with Crippen molar-refractivity contribution >= 4 is 49.7 Å². The average Bonchev–Trinajstić information content (AvgIpc) is 1.82. The molecule has 0 aromatic rings. The minimum absolute atomic E-state index is 0. The first-order chi connectivity index (χ1) is 4.54. The predicted octanol–water partition coefficient (Wildman–Crippen LogP) is -3.78. The summed E-state index contributed by atoms with van der Waals surface area (Å²) in [4.78, 5) is 19.9. The molecular formula is C5H12CaKNO4. The molecule has 0 aliphatic heterocycles. The summed E-state index contributed by atoms with van der Waals surface area (Å²) in [5, 5.41) is 16.3. The van der Waals surface area contributed by atoms with Crippen molar-refractivity contribution in [2.75, 3.05) is 0 Å². The van der Waals surface area contributed by atoms with Crippen LogP contribution in [0.5, 0.6) is 0 Å². The van der Waals surface area contributed by atoms with Crippen LogP contribution in [0.15, 0.2) is 0 Å². The van der Waals surface area contributed by atoms with Gasteiger partial charge in [-0.1, -0.05) is 0 Å². The second-order valence-electron chi connectivity index (χ2n) is 1.88. The summed E-state index contributed by atoms with van der Waals surface area (Å²) in [6, 6.07) is -1.06. The topological polar surface area (TPSA) is 101 Å². The molecule has 1 atom stereocenters. The van der Waals surface area contributed by atoms with Crippen molar-refractivity contribution in [3.63, 3.8) is 0 Å². The Morgan fingerprint density at radius 2 is 1.83 bits per heavy atom. The third kappa shape index (κ3) is 11.8. The Hall–Kier alpha value is 1.80. The van der Waals surface area contributed by atoms with Crippen molar-refractivity contribution in [1.82, 2.24) is 0 Å². The van der Waals surface area contributed by atoms with E-state index in [4.69, 9.17) is 15.9 Å². The largest absolute Gasteiger partial charge is 2.00 e. The van der Waals surface area contributed by atoms with Crippen molar-refractivity contribution in [2.24, 2.45) is 5.73 Å². The molecule has 0 aromatic carbocycles. The minimum Gasteiger partial charge on any atom is -1.00 e. The van der Waals surface area contributed by atoms with Gasteiger partial charge in [0.15, 0.2) is 0 Å². The number of nitrogens with two attached hydrogens (primary N) is 1. The van der Waals surface area contributed by atoms with Crippen LogP contribution in [0.25, 0.3) is 0 Å². The molecule has 0 radical (unpaired) electrons. The molecule has 1 unspecified atom stereocenters. The molecule has 0 aromatic heterocycles. The van der Waals surface area contributed by atoms with Gasteiger partial charge in [0, 0.05) is 6.42 Å². The predicted molar refractivity (Wildman–Crippen MR) is 41.6 cm³/mol. The smallest absolute Gasteiger partial charge is 1.00 e. The van der Waals surface area contributed by atoms with E-state index in [-0.39, 0.29) is 106 Å². The number of carbonyl (C=O) groups is 2. The van der Waals surface area contributed by atoms with Gasteiger partial charge in [-0.25, -0.2) is 0 Å². The molecule has 0 aliphatic rings. The summed E-state index contributed by atoms with van der Waals surface area (Å²) in [5.41, 5.74) is 5.00. The van der Waals surface area contributed by atoms with Gasteiger partial charge in [-0.15, -0.1) is 0 Å². The second-order valence-corrected chi connectivity index (χ2v) is 1.88. The van der Waals surface area contributed by atoms with E-state index in [1.165, 1.54) is 0 Å². The molecule has 0 amide bonds. The molecule has 0 saturated carbocycles. The summed E-state index contributed by atoms with van der Waals surface area (Å²) >= 11 is 0. The fourth-order valence-corrected chi connectivity index (χ4v) is 0.402. The van der Waals surface area contributed by atoms with Gasteiger partial charge in [0.25, 0.3) is 0 Å². The minimum atomic E-state index is -1.17. The summed E-state index contributed by atoms with van der Waals surface area (Å²) in [6.07, 6.45) is -0.224. The maximum Gasteiger partial charge on any atom is 2.00 e. The maximum atomic E-state index is 9.99. The van der Waals surface area contributed by atoms with Gasteiger partial charge in [0.05, 0.1) is 0 Å². The third-order valence-corrected chi connectivity index (χ3v) is 0.986. The van der Waals surface area contributed by atoms with Crippen LogP contribution >= 0.6 is 0 Å². The molecule has 0 saturated heterocycles. The van der Waals surface area contributed by atoms with Crippen molar-refractivity contribution in [2.45, 2.75) is 18.9 Å². The van der Waals surface area contributed by atoms with Gasteiger partial charge in [-0.2, -0.15) is 0 Å². The zero-order valence-corrected chi connectivity index (χ0v) is 12.3. The Kier molecular flexibility index (Phi) is 17.6. The van der Waals surface area contributed by atoms with Gasteiger partial charge in [0.1, 0.15) is 6.04 Å². The first-order valence-electron chi connectivity index (χ1n) is 2.74. The zero-order chi connectivity index (χ0) is 8.15. The van der Waals surface area contributed by atoms with E-state index in [2.05, 4.69) is 0 Å². The number of rotatable bonds is 4. The van der Waals surface area contributed by atoms with E-state index in [1.54, 1.807) is 0 Å². The number of hydrogen-bond donors (Lipinski definition) is 3. The Bertz CT molecular complexity index is 165. The quantitative estimate of drug-likeness (QED) is 0.430. The Morgan fingerprint density at radius 3 is 2.08 bits per heavy atom. The van der Waals surface area contributed by atoms with Crippen LogP contribution in [-0.2, 0) is 9.59 Å². The molecule has 64 valence electrons. The van der Waals surface area contributed by atoms with Gasteiger partial charge < -0.3 is 20.2 Å². The standard InChI is InChI=1S/C5H9NO4.Ca.K.3H/c6-3(5(9)10)1-2-4(7)8;;;;;/h3H,1-2,6H2,(H,7,8)(H,9,10);;;;;/q;+2;+1;3*-1. The van der Waals surface area contributed by atoms with Crippen LogP contribution in [0, 0.1) is 0 Å². The van der Waals surface area contributed by atoms with Crippen LogP contribution < -0.4 is 57.1 Å². The molecule has 0 spiro atoms. The zero-order valence-electron chi connectivity index (χ0n) is 9.99. The summed E-state index contributed by atoms with van der Waals surface area (Å²) in [7, 11) is 0. The van der Waals surface area contributed by atoms with E-state index in [0.29, 0.717) is 0 Å². The number of carboxylic acid groups (broad SMARTS) is 2. The van der Waals surface area contributed by atoms with Crippen LogP contribution in [-0.4, -0.2) is 65.9 Å². The average molecular weight is 229 g/mol. The van der Waals surface area contributed by atoms with Gasteiger partial charge >= 0.3 is 101 Å². The first kappa shape index (κ1) is 19.4. The molecule has 0 bridgehead atoms. The summed E-state index contributed by atoms with van der Waals surface area (Å²) in [5.74, 6) is -2.20. The van der Waals surface area contributed by atoms with Gasteiger partial charge in [0.2, 0.25) is 0 Å². The monoisotopic (exact) mass is 229 g/mol. The van der Waals surface area contributed by atoms with E-state index in [9.17, 15) is 9.59 Å². The molecule has 0 heterocycles. The third-order valence-electron chi connectivity index (χ3n) is 0.986. The van der Waals surface area contributed by atoms with E-state index in [1.807, 2.05) is 0 Å². The van der Waals surface area contributed by atoms with E-state index >= 15 is 0 Å². The number of hydrogen-bond acceptors (Lipinski definition) is 3. The fourth-order valence-electron chi connectivity index (χ4n) is 0.402. The molecule has 5 nitrogen and oxygen atoms in total. The number of carboxylic acids is 2. The van der Waals surface area contributed by atoms with E-state index < -0.39 is 18.0 Å². The molecule has 0 fully saturated rings. The van der Waals surface area contributed by atoms with Crippen molar-refractivity contribution in [3.05, 3.63) is 0 Å². The Labute approximate surface area is 147 Å². The molecule has 12 heavy (non-hydrogen) atoms. The molecule has 7 heteroatoms. The Morgan fingerprint density at radius 1 is 1.42 bits per heavy atom. The molecule has 0 aliphatic carbocycles. The summed E-state index contributed by atoms with van der Waals surface area (Å²) < 4.78 is 0. The molecule has 4 N–H and O–H groups in total. The van der Waals surface area contributed by atoms with Crippen LogP contribution in [0.2, 0.25) is 0 Å². The van der Waals surface area contributed by atoms with Crippen LogP contribution in [0.3, 0.4) is 0 Å². The SMILES string of the molecule is NC(CCC(=O)O)C(=O)O.[Ca+2].[H-].[H-].[H-].[K+]. The van der Waals surface area contributed by atoms with Crippen molar-refractivity contribution in [1.29, 1.82) is 0 Å². The van der Waals surface area contributed by atoms with Gasteiger partial charge in [-0.3, -0.25) is 9.59 Å². The maximum absolute atomic E-state index is 9.99. The normalized spacial score (nSPS) is 10.4. The van der Waals surface area contributed by atoms with Crippen LogP contribution in [0.4, 0.5) is 0 Å². The van der Waals surface area contributed by atoms with Crippen molar-refractivity contribution in [3.8, 4) is 0 Å². The van der Waals surface area contributed by atoms with E-state index in [0.717, 1.165) is 0 Å². The second kappa shape index (κ2) is 10.9. The summed E-state index contributed by atoms with van der Waals surface area (Å²) in [6.45, 7) is 0. The Balaban J connectivity index is -0.0000000405.